The number of carbonyl (C=O) groups is 1. The van der Waals surface area contributed by atoms with Crippen LogP contribution >= 0.6 is 22.6 Å². The van der Waals surface area contributed by atoms with Crippen LogP contribution in [-0.2, 0) is 13.1 Å². The first-order chi connectivity index (χ1) is 9.13. The van der Waals surface area contributed by atoms with Crippen LogP contribution in [0.2, 0.25) is 0 Å². The maximum Gasteiger partial charge on any atom is 0.255 e. The van der Waals surface area contributed by atoms with Gasteiger partial charge in [-0.3, -0.25) is 9.48 Å². The number of aromatic nitrogens is 2. The summed E-state index contributed by atoms with van der Waals surface area (Å²) in [5, 5.41) is 4.21. The zero-order valence-corrected chi connectivity index (χ0v) is 13.2. The second kappa shape index (κ2) is 6.18. The summed E-state index contributed by atoms with van der Waals surface area (Å²) in [4.78, 5) is 14.1. The first-order valence-electron chi connectivity index (χ1n) is 6.14. The van der Waals surface area contributed by atoms with Gasteiger partial charge in [0.1, 0.15) is 0 Å². The van der Waals surface area contributed by atoms with E-state index in [0.29, 0.717) is 6.54 Å². The van der Waals surface area contributed by atoms with Crippen LogP contribution in [0.5, 0.6) is 0 Å². The van der Waals surface area contributed by atoms with Crippen LogP contribution in [0.3, 0.4) is 0 Å². The molecule has 2 rings (SSSR count). The maximum atomic E-state index is 12.4. The molecule has 1 aromatic carbocycles. The topological polar surface area (TPSA) is 38.1 Å². The van der Waals surface area contributed by atoms with Crippen molar-refractivity contribution in [1.29, 1.82) is 0 Å². The fourth-order valence-electron chi connectivity index (χ4n) is 1.93. The van der Waals surface area contributed by atoms with Crippen molar-refractivity contribution in [2.75, 3.05) is 7.05 Å². The van der Waals surface area contributed by atoms with Gasteiger partial charge >= 0.3 is 0 Å². The Balaban J connectivity index is 2.14. The summed E-state index contributed by atoms with van der Waals surface area (Å²) >= 11 is 2.19. The van der Waals surface area contributed by atoms with Crippen LogP contribution in [0.15, 0.2) is 36.5 Å². The Morgan fingerprint density at radius 1 is 1.37 bits per heavy atom. The third-order valence-corrected chi connectivity index (χ3v) is 3.89. The molecule has 0 N–H and O–H groups in total. The number of benzene rings is 1. The van der Waals surface area contributed by atoms with Crippen molar-refractivity contribution in [3.63, 3.8) is 0 Å². The van der Waals surface area contributed by atoms with Crippen LogP contribution in [0.4, 0.5) is 0 Å². The number of rotatable bonds is 4. The molecule has 0 spiro atoms. The largest absolute Gasteiger partial charge is 0.336 e. The average molecular weight is 369 g/mol. The molecular weight excluding hydrogens is 353 g/mol. The van der Waals surface area contributed by atoms with Crippen LogP contribution in [0, 0.1) is 3.57 Å². The lowest BCUT2D eigenvalue weighted by molar-refractivity contribution is 0.0780. The lowest BCUT2D eigenvalue weighted by atomic mass is 10.2. The molecule has 1 amide bonds. The predicted molar refractivity (Wildman–Crippen MR) is 82.9 cm³/mol. The van der Waals surface area contributed by atoms with Crippen molar-refractivity contribution in [2.24, 2.45) is 0 Å². The third kappa shape index (κ3) is 3.15. The van der Waals surface area contributed by atoms with E-state index >= 15 is 0 Å². The van der Waals surface area contributed by atoms with Gasteiger partial charge in [-0.2, -0.15) is 5.10 Å². The molecule has 0 saturated carbocycles. The Hall–Kier alpha value is -1.37. The monoisotopic (exact) mass is 369 g/mol. The molecule has 0 unspecified atom stereocenters. The molecule has 1 heterocycles. The third-order valence-electron chi connectivity index (χ3n) is 2.95. The molecule has 0 bridgehead atoms. The molecule has 0 aliphatic rings. The number of aryl methyl sites for hydroxylation is 1. The Morgan fingerprint density at radius 3 is 2.79 bits per heavy atom. The molecule has 100 valence electrons. The van der Waals surface area contributed by atoms with E-state index < -0.39 is 0 Å². The van der Waals surface area contributed by atoms with Gasteiger partial charge in [0.25, 0.3) is 5.91 Å². The minimum Gasteiger partial charge on any atom is -0.336 e. The van der Waals surface area contributed by atoms with Gasteiger partial charge in [0, 0.05) is 23.4 Å². The van der Waals surface area contributed by atoms with Crippen molar-refractivity contribution in [3.8, 4) is 0 Å². The van der Waals surface area contributed by atoms with Crippen LogP contribution < -0.4 is 0 Å². The first-order valence-corrected chi connectivity index (χ1v) is 7.22. The molecule has 0 atom stereocenters. The van der Waals surface area contributed by atoms with Gasteiger partial charge in [-0.1, -0.05) is 12.1 Å². The van der Waals surface area contributed by atoms with E-state index in [0.717, 1.165) is 21.4 Å². The van der Waals surface area contributed by atoms with Gasteiger partial charge in [-0.25, -0.2) is 0 Å². The predicted octanol–water partition coefficient (Wildman–Crippen LogP) is 2.78. The minimum atomic E-state index is 0.0360. The summed E-state index contributed by atoms with van der Waals surface area (Å²) in [7, 11) is 1.82. The Bertz CT molecular complexity index is 580. The van der Waals surface area contributed by atoms with Crippen LogP contribution in [0.1, 0.15) is 23.0 Å². The number of carbonyl (C=O) groups excluding carboxylic acids is 1. The normalized spacial score (nSPS) is 10.5. The number of amides is 1. The zero-order chi connectivity index (χ0) is 13.8. The average Bonchev–Trinajstić information content (AvgIpc) is 2.85. The molecule has 1 aromatic heterocycles. The molecule has 4 nitrogen and oxygen atoms in total. The summed E-state index contributed by atoms with van der Waals surface area (Å²) in [6, 6.07) is 9.57. The Labute approximate surface area is 126 Å². The molecule has 0 saturated heterocycles. The fourth-order valence-corrected chi connectivity index (χ4v) is 2.55. The van der Waals surface area contributed by atoms with E-state index in [1.807, 2.05) is 49.0 Å². The van der Waals surface area contributed by atoms with E-state index in [1.54, 1.807) is 11.1 Å². The molecule has 2 aromatic rings. The van der Waals surface area contributed by atoms with Gasteiger partial charge in [-0.15, -0.1) is 0 Å². The number of hydrogen-bond donors (Lipinski definition) is 0. The van der Waals surface area contributed by atoms with Crippen molar-refractivity contribution < 1.29 is 4.79 Å². The highest BCUT2D eigenvalue weighted by Gasteiger charge is 2.15. The van der Waals surface area contributed by atoms with Crippen LogP contribution in [0.25, 0.3) is 0 Å². The lowest BCUT2D eigenvalue weighted by Gasteiger charge is -2.18. The van der Waals surface area contributed by atoms with Gasteiger partial charge in [-0.05, 0) is 47.7 Å². The van der Waals surface area contributed by atoms with E-state index in [2.05, 4.69) is 27.7 Å². The Morgan fingerprint density at radius 2 is 2.11 bits per heavy atom. The molecule has 0 aliphatic heterocycles. The van der Waals surface area contributed by atoms with Crippen LogP contribution in [-0.4, -0.2) is 27.6 Å². The van der Waals surface area contributed by atoms with Crippen molar-refractivity contribution in [2.45, 2.75) is 20.0 Å². The summed E-state index contributed by atoms with van der Waals surface area (Å²) in [6.07, 6.45) is 1.77. The minimum absolute atomic E-state index is 0.0360. The molecule has 19 heavy (non-hydrogen) atoms. The molecule has 0 radical (unpaired) electrons. The molecule has 0 fully saturated rings. The zero-order valence-electron chi connectivity index (χ0n) is 11.0. The van der Waals surface area contributed by atoms with E-state index in [9.17, 15) is 4.79 Å². The summed E-state index contributed by atoms with van der Waals surface area (Å²) in [5.74, 6) is 0.0360. The maximum absolute atomic E-state index is 12.4. The van der Waals surface area contributed by atoms with E-state index in [1.165, 1.54) is 0 Å². The van der Waals surface area contributed by atoms with E-state index in [4.69, 9.17) is 0 Å². The smallest absolute Gasteiger partial charge is 0.255 e. The Kier molecular flexibility index (Phi) is 4.57. The van der Waals surface area contributed by atoms with Gasteiger partial charge in [0.2, 0.25) is 0 Å². The fraction of sp³-hybridized carbons (Fsp3) is 0.286. The van der Waals surface area contributed by atoms with E-state index in [-0.39, 0.29) is 5.91 Å². The lowest BCUT2D eigenvalue weighted by Crippen LogP contribution is -2.28. The summed E-state index contributed by atoms with van der Waals surface area (Å²) in [6.45, 7) is 3.42. The van der Waals surface area contributed by atoms with Gasteiger partial charge in [0.05, 0.1) is 17.8 Å². The highest BCUT2D eigenvalue weighted by molar-refractivity contribution is 14.1. The van der Waals surface area contributed by atoms with Gasteiger partial charge < -0.3 is 4.90 Å². The summed E-state index contributed by atoms with van der Waals surface area (Å²) in [5.41, 5.74) is 1.79. The number of nitrogens with zero attached hydrogens (tertiary/aromatic N) is 3. The van der Waals surface area contributed by atoms with Crippen molar-refractivity contribution >= 4 is 28.5 Å². The summed E-state index contributed by atoms with van der Waals surface area (Å²) < 4.78 is 2.88. The first kappa shape index (κ1) is 14.0. The van der Waals surface area contributed by atoms with Crippen molar-refractivity contribution in [1.82, 2.24) is 14.7 Å². The second-order valence-electron chi connectivity index (χ2n) is 4.28. The highest BCUT2D eigenvalue weighted by atomic mass is 127. The quantitative estimate of drug-likeness (QED) is 0.778. The number of hydrogen-bond acceptors (Lipinski definition) is 2. The molecular formula is C14H16IN3O. The van der Waals surface area contributed by atoms with Gasteiger partial charge in [0.15, 0.2) is 0 Å². The SMILES string of the molecule is CCn1nccc1CN(C)C(=O)c1ccccc1I. The highest BCUT2D eigenvalue weighted by Crippen LogP contribution is 2.14. The molecule has 5 heteroatoms. The number of halogens is 1. The standard InChI is InChI=1S/C14H16IN3O/c1-3-18-11(8-9-16-18)10-17(2)14(19)12-6-4-5-7-13(12)15/h4-9H,3,10H2,1-2H3. The van der Waals surface area contributed by atoms with Crippen molar-refractivity contribution in [3.05, 3.63) is 51.4 Å². The second-order valence-corrected chi connectivity index (χ2v) is 5.44. The molecule has 0 aliphatic carbocycles.